The van der Waals surface area contributed by atoms with E-state index in [1.165, 1.54) is 12.8 Å². The van der Waals surface area contributed by atoms with Crippen molar-refractivity contribution in [3.05, 3.63) is 77.9 Å². The number of ether oxygens (including phenoxy) is 2. The van der Waals surface area contributed by atoms with Crippen molar-refractivity contribution >= 4 is 11.8 Å². The first-order chi connectivity index (χ1) is 16.1. The number of likely N-dealkylation sites (tertiary alicyclic amines) is 1. The zero-order valence-electron chi connectivity index (χ0n) is 18.7. The number of nitrogens with zero attached hydrogens (tertiary/aromatic N) is 1. The standard InChI is InChI=1S/C27H29NO4S/c1-18(28-14-2-3-15-28)17-31-23-11-6-19(7-12-23)26-27(20-4-8-21(29)9-5-20)33-25-16-22(30)10-13-24(25)32-26/h4-13,16,18,26-27,29-30H,2-3,14-15,17H2,1H3/t18-,26-,27+/m0/s1. The Hall–Kier alpha value is -2.83. The quantitative estimate of drug-likeness (QED) is 0.473. The first-order valence-electron chi connectivity index (χ1n) is 11.5. The Morgan fingerprint density at radius 3 is 2.33 bits per heavy atom. The molecule has 2 aliphatic rings. The van der Waals surface area contributed by atoms with E-state index in [4.69, 9.17) is 9.47 Å². The summed E-state index contributed by atoms with van der Waals surface area (Å²) in [5.74, 6) is 2.08. The molecule has 172 valence electrons. The van der Waals surface area contributed by atoms with E-state index in [0.717, 1.165) is 40.6 Å². The summed E-state index contributed by atoms with van der Waals surface area (Å²) in [6, 6.07) is 21.0. The maximum absolute atomic E-state index is 9.93. The van der Waals surface area contributed by atoms with E-state index in [1.807, 2.05) is 30.3 Å². The van der Waals surface area contributed by atoms with Crippen molar-refractivity contribution in [2.75, 3.05) is 19.7 Å². The highest BCUT2D eigenvalue weighted by Crippen LogP contribution is 2.54. The minimum Gasteiger partial charge on any atom is -0.508 e. The van der Waals surface area contributed by atoms with Gasteiger partial charge >= 0.3 is 0 Å². The summed E-state index contributed by atoms with van der Waals surface area (Å²) in [5, 5.41) is 19.6. The van der Waals surface area contributed by atoms with E-state index in [-0.39, 0.29) is 22.9 Å². The van der Waals surface area contributed by atoms with Gasteiger partial charge in [-0.1, -0.05) is 24.3 Å². The topological polar surface area (TPSA) is 62.2 Å². The summed E-state index contributed by atoms with van der Waals surface area (Å²) in [4.78, 5) is 3.39. The summed E-state index contributed by atoms with van der Waals surface area (Å²) in [6.45, 7) is 5.24. The lowest BCUT2D eigenvalue weighted by Gasteiger charge is -2.34. The lowest BCUT2D eigenvalue weighted by molar-refractivity contribution is 0.172. The lowest BCUT2D eigenvalue weighted by atomic mass is 10.00. The lowest BCUT2D eigenvalue weighted by Crippen LogP contribution is -2.34. The molecule has 1 fully saturated rings. The molecule has 5 nitrogen and oxygen atoms in total. The molecule has 0 bridgehead atoms. The molecule has 0 aromatic heterocycles. The van der Waals surface area contributed by atoms with Crippen LogP contribution in [0.2, 0.25) is 0 Å². The molecule has 6 heteroatoms. The Morgan fingerprint density at radius 2 is 1.61 bits per heavy atom. The number of fused-ring (bicyclic) bond motifs is 1. The zero-order valence-corrected chi connectivity index (χ0v) is 19.5. The predicted molar refractivity (Wildman–Crippen MR) is 130 cm³/mol. The summed E-state index contributed by atoms with van der Waals surface area (Å²) in [6.07, 6.45) is 2.35. The fourth-order valence-electron chi connectivity index (χ4n) is 4.49. The molecule has 2 N–H and O–H groups in total. The van der Waals surface area contributed by atoms with Crippen molar-refractivity contribution in [3.63, 3.8) is 0 Å². The molecule has 2 heterocycles. The molecular formula is C27H29NO4S. The number of hydrogen-bond acceptors (Lipinski definition) is 6. The average molecular weight is 464 g/mol. The van der Waals surface area contributed by atoms with E-state index in [9.17, 15) is 10.2 Å². The minimum absolute atomic E-state index is 0.0261. The van der Waals surface area contributed by atoms with Crippen LogP contribution in [0.1, 0.15) is 42.2 Å². The Kier molecular flexibility index (Phi) is 6.38. The van der Waals surface area contributed by atoms with E-state index in [0.29, 0.717) is 12.6 Å². The van der Waals surface area contributed by atoms with Crippen LogP contribution in [0.15, 0.2) is 71.6 Å². The van der Waals surface area contributed by atoms with E-state index in [2.05, 4.69) is 24.0 Å². The van der Waals surface area contributed by atoms with Crippen LogP contribution in [0.5, 0.6) is 23.0 Å². The third-order valence-electron chi connectivity index (χ3n) is 6.40. The molecule has 0 amide bonds. The number of phenolic OH excluding ortho intramolecular Hbond substituents is 2. The largest absolute Gasteiger partial charge is 0.508 e. The fraction of sp³-hybridized carbons (Fsp3) is 0.333. The molecular weight excluding hydrogens is 434 g/mol. The normalized spacial score (nSPS) is 21.2. The van der Waals surface area contributed by atoms with Crippen LogP contribution in [0.4, 0.5) is 0 Å². The highest BCUT2D eigenvalue weighted by atomic mass is 32.2. The van der Waals surface area contributed by atoms with Crippen molar-refractivity contribution in [3.8, 4) is 23.0 Å². The highest BCUT2D eigenvalue weighted by molar-refractivity contribution is 7.99. The van der Waals surface area contributed by atoms with Gasteiger partial charge in [0.25, 0.3) is 0 Å². The molecule has 3 atom stereocenters. The fourth-order valence-corrected chi connectivity index (χ4v) is 5.82. The molecule has 0 radical (unpaired) electrons. The molecule has 1 saturated heterocycles. The second-order valence-electron chi connectivity index (χ2n) is 8.77. The van der Waals surface area contributed by atoms with Gasteiger partial charge in [-0.25, -0.2) is 0 Å². The van der Waals surface area contributed by atoms with Gasteiger partial charge in [0.2, 0.25) is 0 Å². The Labute approximate surface area is 199 Å². The van der Waals surface area contributed by atoms with Crippen molar-refractivity contribution in [1.82, 2.24) is 4.90 Å². The van der Waals surface area contributed by atoms with Gasteiger partial charge in [0.15, 0.2) is 0 Å². The monoisotopic (exact) mass is 463 g/mol. The van der Waals surface area contributed by atoms with Crippen LogP contribution in [-0.2, 0) is 0 Å². The highest BCUT2D eigenvalue weighted by Gasteiger charge is 2.33. The number of phenols is 2. The van der Waals surface area contributed by atoms with Gasteiger partial charge in [0, 0.05) is 6.04 Å². The van der Waals surface area contributed by atoms with Crippen LogP contribution in [-0.4, -0.2) is 40.9 Å². The number of hydrogen-bond donors (Lipinski definition) is 2. The molecule has 3 aromatic rings. The van der Waals surface area contributed by atoms with Gasteiger partial charge in [0.05, 0.1) is 10.1 Å². The van der Waals surface area contributed by atoms with Gasteiger partial charge in [-0.2, -0.15) is 0 Å². The number of aromatic hydroxyl groups is 2. The predicted octanol–water partition coefficient (Wildman–Crippen LogP) is 5.93. The second kappa shape index (κ2) is 9.57. The molecule has 3 aromatic carbocycles. The van der Waals surface area contributed by atoms with Crippen LogP contribution in [0.25, 0.3) is 0 Å². The molecule has 0 saturated carbocycles. The van der Waals surface area contributed by atoms with E-state index < -0.39 is 0 Å². The number of rotatable bonds is 6. The molecule has 0 spiro atoms. The number of benzene rings is 3. The molecule has 33 heavy (non-hydrogen) atoms. The minimum atomic E-state index is -0.214. The van der Waals surface area contributed by atoms with Gasteiger partial charge in [-0.15, -0.1) is 11.8 Å². The van der Waals surface area contributed by atoms with Crippen molar-refractivity contribution in [2.24, 2.45) is 0 Å². The average Bonchev–Trinajstić information content (AvgIpc) is 3.38. The van der Waals surface area contributed by atoms with Crippen molar-refractivity contribution in [2.45, 2.75) is 42.1 Å². The first kappa shape index (κ1) is 22.0. The van der Waals surface area contributed by atoms with Gasteiger partial charge < -0.3 is 19.7 Å². The van der Waals surface area contributed by atoms with Crippen molar-refractivity contribution < 1.29 is 19.7 Å². The maximum atomic E-state index is 9.93. The Balaban J connectivity index is 1.35. The smallest absolute Gasteiger partial charge is 0.140 e. The van der Waals surface area contributed by atoms with Crippen LogP contribution in [0.3, 0.4) is 0 Å². The van der Waals surface area contributed by atoms with Gasteiger partial charge in [-0.3, -0.25) is 4.90 Å². The molecule has 0 unspecified atom stereocenters. The summed E-state index contributed by atoms with van der Waals surface area (Å²) in [5.41, 5.74) is 2.11. The molecule has 5 rings (SSSR count). The van der Waals surface area contributed by atoms with Crippen molar-refractivity contribution in [1.29, 1.82) is 0 Å². The SMILES string of the molecule is C[C@@H](COc1ccc([C@@H]2Oc3ccc(O)cc3S[C@@H]2c2ccc(O)cc2)cc1)N1CCCC1. The third kappa shape index (κ3) is 4.92. The number of thioether (sulfide) groups is 1. The third-order valence-corrected chi connectivity index (χ3v) is 7.74. The van der Waals surface area contributed by atoms with Crippen LogP contribution >= 0.6 is 11.8 Å². The summed E-state index contributed by atoms with van der Waals surface area (Å²) >= 11 is 1.66. The summed E-state index contributed by atoms with van der Waals surface area (Å²) in [7, 11) is 0. The first-order valence-corrected chi connectivity index (χ1v) is 12.4. The van der Waals surface area contributed by atoms with E-state index in [1.54, 1.807) is 36.0 Å². The van der Waals surface area contributed by atoms with E-state index >= 15 is 0 Å². The second-order valence-corrected chi connectivity index (χ2v) is 9.96. The maximum Gasteiger partial charge on any atom is 0.140 e. The molecule has 0 aliphatic carbocycles. The van der Waals surface area contributed by atoms with Gasteiger partial charge in [-0.05, 0) is 86.4 Å². The van der Waals surface area contributed by atoms with Crippen LogP contribution in [0, 0.1) is 0 Å². The molecule has 2 aliphatic heterocycles. The zero-order chi connectivity index (χ0) is 22.8. The van der Waals surface area contributed by atoms with Crippen LogP contribution < -0.4 is 9.47 Å². The summed E-state index contributed by atoms with van der Waals surface area (Å²) < 4.78 is 12.5. The van der Waals surface area contributed by atoms with Gasteiger partial charge in [0.1, 0.15) is 35.7 Å². The Bertz CT molecular complexity index is 1080. The Morgan fingerprint density at radius 1 is 0.939 bits per heavy atom.